The molecule has 0 unspecified atom stereocenters. The van der Waals surface area contributed by atoms with E-state index in [0.717, 1.165) is 6.07 Å². The molecule has 0 atom stereocenters. The summed E-state index contributed by atoms with van der Waals surface area (Å²) < 4.78 is 4.36. The number of fused-ring (bicyclic) bond motifs is 1. The number of benzene rings is 1. The summed E-state index contributed by atoms with van der Waals surface area (Å²) in [4.78, 5) is 24.8. The third-order valence-corrected chi connectivity index (χ3v) is 3.39. The zero-order chi connectivity index (χ0) is 13.4. The normalized spacial score (nSPS) is 10.6. The molecule has 0 spiro atoms. The highest BCUT2D eigenvalue weighted by atomic mass is 35.5. The van der Waals surface area contributed by atoms with Gasteiger partial charge in [0.1, 0.15) is 0 Å². The number of hydrogen-bond acceptors (Lipinski definition) is 3. The number of aromatic amines is 1. The Balaban J connectivity index is 2.78. The molecule has 2 rings (SSSR count). The number of pyridine rings is 1. The molecular weight excluding hydrogens is 304 g/mol. The molecular formula is C10H4Cl3NO4. The minimum Gasteiger partial charge on any atom is -0.449 e. The van der Waals surface area contributed by atoms with Gasteiger partial charge in [0.05, 0.1) is 26.0 Å². The third-order valence-electron chi connectivity index (χ3n) is 2.13. The molecule has 0 saturated heterocycles. The summed E-state index contributed by atoms with van der Waals surface area (Å²) >= 11 is 17.5. The SMILES string of the molecule is O=C(O)Oc1cc(=O)c2c(Cl)c(Cl)c(Cl)cc2[nH]1. The molecule has 0 amide bonds. The predicted molar refractivity (Wildman–Crippen MR) is 68.3 cm³/mol. The smallest absolute Gasteiger partial charge is 0.449 e. The van der Waals surface area contributed by atoms with Crippen LogP contribution in [0.5, 0.6) is 5.88 Å². The first-order valence-electron chi connectivity index (χ1n) is 4.51. The summed E-state index contributed by atoms with van der Waals surface area (Å²) in [5.41, 5.74) is -0.290. The molecule has 2 aromatic rings. The molecule has 0 aliphatic heterocycles. The van der Waals surface area contributed by atoms with E-state index in [1.54, 1.807) is 0 Å². The minimum absolute atomic E-state index is 0.00212. The fraction of sp³-hybridized carbons (Fsp3) is 0. The van der Waals surface area contributed by atoms with Crippen molar-refractivity contribution in [2.75, 3.05) is 0 Å². The summed E-state index contributed by atoms with van der Waals surface area (Å²) in [7, 11) is 0. The lowest BCUT2D eigenvalue weighted by atomic mass is 10.2. The van der Waals surface area contributed by atoms with Crippen LogP contribution in [0.4, 0.5) is 4.79 Å². The first-order chi connectivity index (χ1) is 8.40. The van der Waals surface area contributed by atoms with E-state index in [0.29, 0.717) is 0 Å². The lowest BCUT2D eigenvalue weighted by molar-refractivity contribution is 0.142. The first-order valence-corrected chi connectivity index (χ1v) is 5.65. The van der Waals surface area contributed by atoms with Crippen molar-refractivity contribution in [3.8, 4) is 5.88 Å². The average Bonchev–Trinajstić information content (AvgIpc) is 2.24. The fourth-order valence-electron chi connectivity index (χ4n) is 1.44. The van der Waals surface area contributed by atoms with Gasteiger partial charge in [-0.1, -0.05) is 34.8 Å². The van der Waals surface area contributed by atoms with Crippen LogP contribution in [0.1, 0.15) is 0 Å². The van der Waals surface area contributed by atoms with Gasteiger partial charge in [-0.2, -0.15) is 0 Å². The molecule has 0 bridgehead atoms. The molecule has 0 saturated carbocycles. The van der Waals surface area contributed by atoms with Crippen LogP contribution in [-0.4, -0.2) is 16.2 Å². The summed E-state index contributed by atoms with van der Waals surface area (Å²) in [5.74, 6) is -0.227. The summed E-state index contributed by atoms with van der Waals surface area (Å²) in [5, 5.41) is 8.78. The zero-order valence-electron chi connectivity index (χ0n) is 8.46. The van der Waals surface area contributed by atoms with Gasteiger partial charge in [0.2, 0.25) is 5.88 Å². The van der Waals surface area contributed by atoms with E-state index in [-0.39, 0.29) is 31.9 Å². The van der Waals surface area contributed by atoms with Crippen molar-refractivity contribution in [1.29, 1.82) is 0 Å². The van der Waals surface area contributed by atoms with Gasteiger partial charge >= 0.3 is 6.16 Å². The van der Waals surface area contributed by atoms with Crippen LogP contribution in [0.3, 0.4) is 0 Å². The van der Waals surface area contributed by atoms with Crippen LogP contribution in [0, 0.1) is 0 Å². The molecule has 0 aliphatic rings. The lowest BCUT2D eigenvalue weighted by Crippen LogP contribution is -2.09. The van der Waals surface area contributed by atoms with E-state index in [2.05, 4.69) is 9.72 Å². The molecule has 5 nitrogen and oxygen atoms in total. The Morgan fingerprint density at radius 2 is 1.89 bits per heavy atom. The van der Waals surface area contributed by atoms with Gasteiger partial charge in [-0.15, -0.1) is 0 Å². The van der Waals surface area contributed by atoms with Crippen molar-refractivity contribution in [2.45, 2.75) is 0 Å². The van der Waals surface area contributed by atoms with E-state index in [1.165, 1.54) is 6.07 Å². The number of ether oxygens (including phenoxy) is 1. The number of aromatic nitrogens is 1. The first kappa shape index (κ1) is 13.0. The van der Waals surface area contributed by atoms with Gasteiger partial charge in [-0.25, -0.2) is 4.79 Å². The van der Waals surface area contributed by atoms with Gasteiger partial charge in [0, 0.05) is 6.07 Å². The Labute approximate surface area is 115 Å². The minimum atomic E-state index is -1.55. The van der Waals surface area contributed by atoms with E-state index < -0.39 is 11.6 Å². The Bertz CT molecular complexity index is 710. The van der Waals surface area contributed by atoms with E-state index >= 15 is 0 Å². The Hall–Kier alpha value is -1.43. The number of halogens is 3. The van der Waals surface area contributed by atoms with E-state index in [9.17, 15) is 9.59 Å². The Kier molecular flexibility index (Phi) is 3.38. The van der Waals surface area contributed by atoms with Gasteiger partial charge in [-0.3, -0.25) is 4.79 Å². The maximum Gasteiger partial charge on any atom is 0.512 e. The number of nitrogens with one attached hydrogen (secondary N) is 1. The third kappa shape index (κ3) is 2.25. The maximum absolute atomic E-state index is 11.8. The lowest BCUT2D eigenvalue weighted by Gasteiger charge is -2.06. The number of hydrogen-bond donors (Lipinski definition) is 2. The van der Waals surface area contributed by atoms with Gasteiger partial charge in [0.25, 0.3) is 0 Å². The van der Waals surface area contributed by atoms with Crippen molar-refractivity contribution in [2.24, 2.45) is 0 Å². The fourth-order valence-corrected chi connectivity index (χ4v) is 2.14. The van der Waals surface area contributed by atoms with Gasteiger partial charge in [0.15, 0.2) is 5.43 Å². The van der Waals surface area contributed by atoms with Crippen molar-refractivity contribution in [1.82, 2.24) is 4.98 Å². The number of rotatable bonds is 1. The molecule has 18 heavy (non-hydrogen) atoms. The van der Waals surface area contributed by atoms with Crippen molar-refractivity contribution in [3.63, 3.8) is 0 Å². The van der Waals surface area contributed by atoms with Gasteiger partial charge < -0.3 is 14.8 Å². The topological polar surface area (TPSA) is 79.4 Å². The largest absolute Gasteiger partial charge is 0.512 e. The molecule has 1 heterocycles. The quantitative estimate of drug-likeness (QED) is 0.624. The Morgan fingerprint density at radius 3 is 2.50 bits per heavy atom. The molecule has 2 N–H and O–H groups in total. The maximum atomic E-state index is 11.8. The molecule has 8 heteroatoms. The summed E-state index contributed by atoms with van der Waals surface area (Å²) in [6.07, 6.45) is -1.55. The Morgan fingerprint density at radius 1 is 1.22 bits per heavy atom. The number of H-pyrrole nitrogens is 1. The molecule has 94 valence electrons. The highest BCUT2D eigenvalue weighted by molar-refractivity contribution is 6.50. The number of carbonyl (C=O) groups is 1. The van der Waals surface area contributed by atoms with Gasteiger partial charge in [-0.05, 0) is 6.07 Å². The molecule has 1 aromatic heterocycles. The molecule has 0 aliphatic carbocycles. The molecule has 1 aromatic carbocycles. The zero-order valence-corrected chi connectivity index (χ0v) is 10.7. The van der Waals surface area contributed by atoms with E-state index in [4.69, 9.17) is 39.9 Å². The van der Waals surface area contributed by atoms with Crippen molar-refractivity contribution < 1.29 is 14.6 Å². The molecule has 0 fully saturated rings. The molecule has 0 radical (unpaired) electrons. The monoisotopic (exact) mass is 307 g/mol. The second kappa shape index (κ2) is 4.68. The summed E-state index contributed by atoms with van der Waals surface area (Å²) in [6, 6.07) is 2.33. The van der Waals surface area contributed by atoms with Crippen LogP contribution in [0.25, 0.3) is 10.9 Å². The van der Waals surface area contributed by atoms with Crippen LogP contribution in [0.15, 0.2) is 16.9 Å². The highest BCUT2D eigenvalue weighted by Gasteiger charge is 2.14. The second-order valence-electron chi connectivity index (χ2n) is 3.27. The van der Waals surface area contributed by atoms with Crippen LogP contribution in [-0.2, 0) is 0 Å². The van der Waals surface area contributed by atoms with Crippen LogP contribution < -0.4 is 10.2 Å². The number of carboxylic acid groups (broad SMARTS) is 1. The van der Waals surface area contributed by atoms with Crippen molar-refractivity contribution in [3.05, 3.63) is 37.4 Å². The standard InChI is InChI=1S/C10H4Cl3NO4/c11-3-1-4-7(9(13)8(3)12)5(15)2-6(14-4)18-10(16)17/h1-2H,(H,14,15)(H,16,17). The van der Waals surface area contributed by atoms with Crippen LogP contribution >= 0.6 is 34.8 Å². The second-order valence-corrected chi connectivity index (χ2v) is 4.44. The predicted octanol–water partition coefficient (Wildman–Crippen LogP) is 3.55. The van der Waals surface area contributed by atoms with Crippen LogP contribution in [0.2, 0.25) is 15.1 Å². The summed E-state index contributed by atoms with van der Waals surface area (Å²) in [6.45, 7) is 0. The highest BCUT2D eigenvalue weighted by Crippen LogP contribution is 2.35. The van der Waals surface area contributed by atoms with Crippen molar-refractivity contribution >= 4 is 51.9 Å². The van der Waals surface area contributed by atoms with E-state index in [1.807, 2.05) is 0 Å². The average molecular weight is 309 g/mol.